The second kappa shape index (κ2) is 7.79. The highest BCUT2D eigenvalue weighted by Crippen LogP contribution is 2.21. The van der Waals surface area contributed by atoms with E-state index in [4.69, 9.17) is 11.6 Å². The predicted molar refractivity (Wildman–Crippen MR) is 104 cm³/mol. The number of hydrazone groups is 1. The molecule has 0 saturated heterocycles. The maximum Gasteiger partial charge on any atom is 0.430 e. The SMILES string of the molecule is Cc1cccc(N/N=C(/C2=NCCN2Cc2cnc(Cl)s2)[N+](=O)[O-])c1C. The number of hydrogen-bond acceptors (Lipinski definition) is 8. The van der Waals surface area contributed by atoms with Crippen molar-refractivity contribution in [1.82, 2.24) is 9.88 Å². The number of amidine groups is 2. The highest BCUT2D eigenvalue weighted by Gasteiger charge is 2.31. The molecule has 26 heavy (non-hydrogen) atoms. The molecule has 2 aromatic rings. The van der Waals surface area contributed by atoms with Gasteiger partial charge in [0, 0.05) is 17.6 Å². The van der Waals surface area contributed by atoms with Crippen molar-refractivity contribution in [3.63, 3.8) is 0 Å². The van der Waals surface area contributed by atoms with Gasteiger partial charge in [-0.05, 0) is 36.0 Å². The lowest BCUT2D eigenvalue weighted by atomic mass is 10.1. The summed E-state index contributed by atoms with van der Waals surface area (Å²) in [4.78, 5) is 22.0. The average Bonchev–Trinajstić information content (AvgIpc) is 3.21. The molecule has 0 aliphatic carbocycles. The Balaban J connectivity index is 1.82. The Bertz CT molecular complexity index is 895. The fourth-order valence-electron chi connectivity index (χ4n) is 2.55. The van der Waals surface area contributed by atoms with Crippen LogP contribution in [-0.4, -0.2) is 39.6 Å². The van der Waals surface area contributed by atoms with Crippen LogP contribution >= 0.6 is 22.9 Å². The zero-order chi connectivity index (χ0) is 18.7. The minimum atomic E-state index is -0.519. The van der Waals surface area contributed by atoms with Gasteiger partial charge in [-0.2, -0.15) is 5.43 Å². The number of nitrogens with one attached hydrogen (secondary N) is 1. The fourth-order valence-corrected chi connectivity index (χ4v) is 3.54. The van der Waals surface area contributed by atoms with Crippen LogP contribution in [0, 0.1) is 24.0 Å². The maximum absolute atomic E-state index is 11.6. The summed E-state index contributed by atoms with van der Waals surface area (Å²) in [7, 11) is 0. The largest absolute Gasteiger partial charge is 0.430 e. The topological polar surface area (TPSA) is 96.0 Å². The number of aliphatic imine (C=N–C) groups is 1. The Labute approximate surface area is 159 Å². The summed E-state index contributed by atoms with van der Waals surface area (Å²) in [6.45, 7) is 5.44. The Hall–Kier alpha value is -2.52. The second-order valence-electron chi connectivity index (χ2n) is 5.76. The molecule has 0 spiro atoms. The minimum Gasteiger partial charge on any atom is -0.358 e. The molecule has 136 valence electrons. The molecule has 0 fully saturated rings. The number of rotatable bonds is 5. The molecule has 2 heterocycles. The van der Waals surface area contributed by atoms with Crippen LogP contribution < -0.4 is 5.43 Å². The van der Waals surface area contributed by atoms with E-state index in [1.807, 2.05) is 36.9 Å². The zero-order valence-corrected chi connectivity index (χ0v) is 15.8. The van der Waals surface area contributed by atoms with Crippen molar-refractivity contribution >= 4 is 40.3 Å². The van der Waals surface area contributed by atoms with Crippen LogP contribution in [0.25, 0.3) is 0 Å². The van der Waals surface area contributed by atoms with Gasteiger partial charge >= 0.3 is 5.84 Å². The molecule has 0 radical (unpaired) electrons. The van der Waals surface area contributed by atoms with Crippen molar-refractivity contribution in [2.75, 3.05) is 18.5 Å². The van der Waals surface area contributed by atoms with Crippen LogP contribution in [0.15, 0.2) is 34.5 Å². The monoisotopic (exact) mass is 392 g/mol. The summed E-state index contributed by atoms with van der Waals surface area (Å²) in [6, 6.07) is 5.68. The van der Waals surface area contributed by atoms with Crippen molar-refractivity contribution < 1.29 is 4.92 Å². The third-order valence-corrected chi connectivity index (χ3v) is 5.16. The lowest BCUT2D eigenvalue weighted by molar-refractivity contribution is -0.346. The number of nitro groups is 1. The number of aromatic nitrogens is 1. The summed E-state index contributed by atoms with van der Waals surface area (Å²) < 4.78 is 0.442. The van der Waals surface area contributed by atoms with Gasteiger partial charge in [0.05, 0.1) is 23.9 Å². The molecule has 1 N–H and O–H groups in total. The van der Waals surface area contributed by atoms with Gasteiger partial charge in [0.2, 0.25) is 5.84 Å². The lowest BCUT2D eigenvalue weighted by Gasteiger charge is -2.16. The van der Waals surface area contributed by atoms with Gasteiger partial charge in [-0.1, -0.05) is 23.7 Å². The first kappa shape index (κ1) is 18.3. The van der Waals surface area contributed by atoms with Crippen LogP contribution in [0.2, 0.25) is 4.47 Å². The van der Waals surface area contributed by atoms with E-state index >= 15 is 0 Å². The van der Waals surface area contributed by atoms with Crippen LogP contribution in [-0.2, 0) is 6.54 Å². The average molecular weight is 393 g/mol. The third kappa shape index (κ3) is 4.00. The molecule has 8 nitrogen and oxygen atoms in total. The normalized spacial score (nSPS) is 14.5. The van der Waals surface area contributed by atoms with Crippen molar-refractivity contribution in [3.05, 3.63) is 55.0 Å². The van der Waals surface area contributed by atoms with E-state index in [1.54, 1.807) is 6.20 Å². The van der Waals surface area contributed by atoms with E-state index in [-0.39, 0.29) is 11.7 Å². The van der Waals surface area contributed by atoms with Crippen molar-refractivity contribution in [2.24, 2.45) is 10.1 Å². The standard InChI is InChI=1S/C16H17ClN6O2S/c1-10-4-3-5-13(11(10)2)20-21-15(23(24)25)14-18-6-7-22(14)9-12-8-19-16(17)26-12/h3-5,8,20H,6-7,9H2,1-2H3/b21-15-. The van der Waals surface area contributed by atoms with Crippen LogP contribution in [0.4, 0.5) is 5.69 Å². The number of benzene rings is 1. The Morgan fingerprint density at radius 3 is 3.00 bits per heavy atom. The molecule has 3 rings (SSSR count). The first-order chi connectivity index (χ1) is 12.5. The van der Waals surface area contributed by atoms with E-state index < -0.39 is 4.92 Å². The van der Waals surface area contributed by atoms with Gasteiger partial charge in [0.1, 0.15) is 0 Å². The quantitative estimate of drug-likeness (QED) is 0.364. The maximum atomic E-state index is 11.6. The number of hydrogen-bond donors (Lipinski definition) is 1. The molecule has 0 unspecified atom stereocenters. The molecule has 0 amide bonds. The Morgan fingerprint density at radius 2 is 2.31 bits per heavy atom. The molecule has 1 aliphatic heterocycles. The molecular weight excluding hydrogens is 376 g/mol. The highest BCUT2D eigenvalue weighted by molar-refractivity contribution is 7.15. The van der Waals surface area contributed by atoms with E-state index in [1.165, 1.54) is 11.3 Å². The Kier molecular flexibility index (Phi) is 5.48. The second-order valence-corrected chi connectivity index (χ2v) is 7.46. The summed E-state index contributed by atoms with van der Waals surface area (Å²) in [5.74, 6) is -0.0450. The summed E-state index contributed by atoms with van der Waals surface area (Å²) in [5.41, 5.74) is 5.60. The Morgan fingerprint density at radius 1 is 1.50 bits per heavy atom. The molecule has 1 aromatic heterocycles. The number of nitrogens with zero attached hydrogens (tertiary/aromatic N) is 5. The number of aryl methyl sites for hydroxylation is 1. The van der Waals surface area contributed by atoms with Gasteiger partial charge in [-0.15, -0.1) is 11.3 Å². The fraction of sp³-hybridized carbons (Fsp3) is 0.312. The number of anilines is 1. The lowest BCUT2D eigenvalue weighted by Crippen LogP contribution is -2.37. The van der Waals surface area contributed by atoms with Crippen LogP contribution in [0.5, 0.6) is 0 Å². The van der Waals surface area contributed by atoms with E-state index in [0.29, 0.717) is 24.1 Å². The minimum absolute atomic E-state index is 0.261. The molecule has 10 heteroatoms. The molecule has 0 saturated carbocycles. The first-order valence-corrected chi connectivity index (χ1v) is 9.09. The molecule has 1 aliphatic rings. The van der Waals surface area contributed by atoms with E-state index in [9.17, 15) is 10.1 Å². The van der Waals surface area contributed by atoms with Gasteiger partial charge in [0.25, 0.3) is 0 Å². The molecular formula is C16H17ClN6O2S. The summed E-state index contributed by atoms with van der Waals surface area (Å²) >= 11 is 7.20. The van der Waals surface area contributed by atoms with Gasteiger partial charge in [-0.3, -0.25) is 4.99 Å². The van der Waals surface area contributed by atoms with Crippen molar-refractivity contribution in [1.29, 1.82) is 0 Å². The van der Waals surface area contributed by atoms with E-state index in [2.05, 4.69) is 20.5 Å². The molecule has 0 atom stereocenters. The summed E-state index contributed by atoms with van der Waals surface area (Å²) in [5, 5.41) is 15.6. The summed E-state index contributed by atoms with van der Waals surface area (Å²) in [6.07, 6.45) is 1.67. The van der Waals surface area contributed by atoms with Crippen molar-refractivity contribution in [3.8, 4) is 0 Å². The first-order valence-electron chi connectivity index (χ1n) is 7.90. The zero-order valence-electron chi connectivity index (χ0n) is 14.3. The molecule has 1 aromatic carbocycles. The van der Waals surface area contributed by atoms with Gasteiger partial charge in [0.15, 0.2) is 4.47 Å². The molecule has 0 bridgehead atoms. The number of halogens is 1. The predicted octanol–water partition coefficient (Wildman–Crippen LogP) is 3.33. The third-order valence-electron chi connectivity index (χ3n) is 4.06. The number of thiazole rings is 1. The van der Waals surface area contributed by atoms with Gasteiger partial charge < -0.3 is 15.0 Å². The van der Waals surface area contributed by atoms with E-state index in [0.717, 1.165) is 21.7 Å². The highest BCUT2D eigenvalue weighted by atomic mass is 35.5. The van der Waals surface area contributed by atoms with Crippen LogP contribution in [0.1, 0.15) is 16.0 Å². The van der Waals surface area contributed by atoms with Crippen molar-refractivity contribution in [2.45, 2.75) is 20.4 Å². The van der Waals surface area contributed by atoms with Crippen LogP contribution in [0.3, 0.4) is 0 Å². The smallest absolute Gasteiger partial charge is 0.358 e. The van der Waals surface area contributed by atoms with Gasteiger partial charge in [-0.25, -0.2) is 4.98 Å².